The molecule has 1 aromatic carbocycles. The molecule has 5 nitrogen and oxygen atoms in total. The van der Waals surface area contributed by atoms with Crippen LogP contribution < -0.4 is 10.1 Å². The molecular weight excluding hydrogens is 358 g/mol. The number of benzene rings is 1. The minimum Gasteiger partial charge on any atom is -0.490 e. The molecule has 0 amide bonds. The van der Waals surface area contributed by atoms with Gasteiger partial charge in [-0.2, -0.15) is 0 Å². The molecule has 0 radical (unpaired) electrons. The van der Waals surface area contributed by atoms with Crippen LogP contribution in [0.2, 0.25) is 0 Å². The van der Waals surface area contributed by atoms with Crippen molar-refractivity contribution in [2.24, 2.45) is 5.92 Å². The van der Waals surface area contributed by atoms with Crippen molar-refractivity contribution in [3.63, 3.8) is 0 Å². The summed E-state index contributed by atoms with van der Waals surface area (Å²) in [4.78, 5) is 0. The molecule has 0 spiro atoms. The average molecular weight is 386 g/mol. The van der Waals surface area contributed by atoms with Crippen molar-refractivity contribution in [3.8, 4) is 17.7 Å². The summed E-state index contributed by atoms with van der Waals surface area (Å²) in [5, 5.41) is 22.9. The van der Waals surface area contributed by atoms with Gasteiger partial charge in [0.1, 0.15) is 28.5 Å². The number of ether oxygens (including phenoxy) is 1. The monoisotopic (exact) mass is 385 g/mol. The lowest BCUT2D eigenvalue weighted by Gasteiger charge is -2.13. The van der Waals surface area contributed by atoms with E-state index < -0.39 is 6.10 Å². The lowest BCUT2D eigenvalue weighted by Crippen LogP contribution is -2.29. The predicted molar refractivity (Wildman–Crippen MR) is 111 cm³/mol. The summed E-state index contributed by atoms with van der Waals surface area (Å²) in [6.45, 7) is 6.75. The van der Waals surface area contributed by atoms with Gasteiger partial charge in [-0.3, -0.25) is 0 Å². The van der Waals surface area contributed by atoms with Gasteiger partial charge in [-0.05, 0) is 38.0 Å². The maximum Gasteiger partial charge on any atom is 0.140 e. The molecule has 0 aliphatic rings. The smallest absolute Gasteiger partial charge is 0.140 e. The topological polar surface area (TPSA) is 67.3 Å². The number of nitrogens with zero attached hydrogens (tertiary/aromatic N) is 2. The molecule has 2 rings (SSSR count). The Labute approximate surface area is 165 Å². The first-order valence-corrected chi connectivity index (χ1v) is 10.1. The average Bonchev–Trinajstić information content (AvgIpc) is 3.10. The fourth-order valence-electron chi connectivity index (χ4n) is 2.35. The zero-order valence-corrected chi connectivity index (χ0v) is 16.9. The Balaban J connectivity index is 1.85. The van der Waals surface area contributed by atoms with Crippen LogP contribution in [0.1, 0.15) is 42.3 Å². The van der Waals surface area contributed by atoms with Crippen molar-refractivity contribution >= 4 is 23.5 Å². The van der Waals surface area contributed by atoms with Crippen molar-refractivity contribution in [2.45, 2.75) is 39.7 Å². The Bertz CT molecular complexity index is 788. The van der Waals surface area contributed by atoms with Gasteiger partial charge < -0.3 is 15.2 Å². The van der Waals surface area contributed by atoms with Crippen LogP contribution in [0, 0.1) is 24.8 Å². The molecule has 0 fully saturated rings. The van der Waals surface area contributed by atoms with Crippen LogP contribution >= 0.6 is 11.3 Å². The van der Waals surface area contributed by atoms with E-state index in [-0.39, 0.29) is 6.61 Å². The highest BCUT2D eigenvalue weighted by Crippen LogP contribution is 2.21. The highest BCUT2D eigenvalue weighted by molar-refractivity contribution is 7.12. The van der Waals surface area contributed by atoms with Gasteiger partial charge in [-0.1, -0.05) is 49.3 Å². The van der Waals surface area contributed by atoms with Gasteiger partial charge in [0.25, 0.3) is 0 Å². The summed E-state index contributed by atoms with van der Waals surface area (Å²) >= 11 is 1.54. The standard InChI is InChI=1S/C21H27N3O2S/c1-4-17(5-2)12-13-22-14-19(25)15-26-20-9-7-6-8-18(20)10-11-21-24-23-16(3)27-21/h6-11,17,19,22,25H,4-5,14-15H2,1-3H3. The summed E-state index contributed by atoms with van der Waals surface area (Å²) in [6.07, 6.45) is 5.30. The normalized spacial score (nSPS) is 12.0. The third kappa shape index (κ3) is 7.41. The summed E-state index contributed by atoms with van der Waals surface area (Å²) in [7, 11) is 0. The Kier molecular flexibility index (Phi) is 8.82. The number of rotatable bonds is 9. The molecule has 144 valence electrons. The number of hydrogen-bond acceptors (Lipinski definition) is 6. The highest BCUT2D eigenvalue weighted by Gasteiger charge is 2.07. The summed E-state index contributed by atoms with van der Waals surface area (Å²) in [5.41, 5.74) is 0.930. The molecule has 0 bridgehead atoms. The second kappa shape index (κ2) is 11.4. The lowest BCUT2D eigenvalue weighted by molar-refractivity contribution is 0.110. The summed E-state index contributed by atoms with van der Waals surface area (Å²) < 4.78 is 5.79. The SMILES string of the molecule is CCC(C#CNCC(O)COc1ccccc1C=Cc1nnc(C)s1)CC. The summed E-state index contributed by atoms with van der Waals surface area (Å²) in [6, 6.07) is 10.6. The molecule has 6 heteroatoms. The minimum absolute atomic E-state index is 0.197. The molecule has 0 aliphatic heterocycles. The number of aliphatic hydroxyl groups excluding tert-OH is 1. The molecule has 1 aromatic heterocycles. The zero-order chi connectivity index (χ0) is 19.5. The van der Waals surface area contributed by atoms with Crippen LogP contribution in [-0.2, 0) is 0 Å². The predicted octanol–water partition coefficient (Wildman–Crippen LogP) is 3.74. The third-order valence-electron chi connectivity index (χ3n) is 3.99. The van der Waals surface area contributed by atoms with Crippen LogP contribution in [0.4, 0.5) is 0 Å². The van der Waals surface area contributed by atoms with Gasteiger partial charge in [0.2, 0.25) is 0 Å². The molecule has 0 aliphatic carbocycles. The third-order valence-corrected chi connectivity index (χ3v) is 4.79. The van der Waals surface area contributed by atoms with E-state index in [1.165, 1.54) is 11.3 Å². The quantitative estimate of drug-likeness (QED) is 0.508. The maximum absolute atomic E-state index is 10.1. The van der Waals surface area contributed by atoms with E-state index in [1.54, 1.807) is 0 Å². The lowest BCUT2D eigenvalue weighted by atomic mass is 10.1. The number of nitrogens with one attached hydrogen (secondary N) is 1. The Hall–Kier alpha value is -2.36. The van der Waals surface area contributed by atoms with E-state index in [2.05, 4.69) is 41.3 Å². The molecule has 1 heterocycles. The number of hydrogen-bond donors (Lipinski definition) is 2. The van der Waals surface area contributed by atoms with Crippen molar-refractivity contribution in [2.75, 3.05) is 13.2 Å². The molecule has 2 N–H and O–H groups in total. The van der Waals surface area contributed by atoms with Gasteiger partial charge in [0.05, 0.1) is 6.54 Å². The van der Waals surface area contributed by atoms with Crippen LogP contribution in [0.5, 0.6) is 5.75 Å². The van der Waals surface area contributed by atoms with Gasteiger partial charge in [0, 0.05) is 17.5 Å². The fourth-order valence-corrected chi connectivity index (χ4v) is 2.95. The van der Waals surface area contributed by atoms with Gasteiger partial charge in [-0.25, -0.2) is 0 Å². The van der Waals surface area contributed by atoms with Gasteiger partial charge in [0.15, 0.2) is 0 Å². The fraction of sp³-hybridized carbons (Fsp3) is 0.429. The van der Waals surface area contributed by atoms with E-state index in [1.807, 2.05) is 43.3 Å². The van der Waals surface area contributed by atoms with Crippen molar-refractivity contribution in [1.82, 2.24) is 15.5 Å². The largest absolute Gasteiger partial charge is 0.490 e. The van der Waals surface area contributed by atoms with Crippen LogP contribution in [0.25, 0.3) is 12.2 Å². The molecule has 0 saturated heterocycles. The first-order valence-electron chi connectivity index (χ1n) is 9.23. The first-order chi connectivity index (χ1) is 13.1. The first kappa shape index (κ1) is 20.9. The van der Waals surface area contributed by atoms with Crippen molar-refractivity contribution < 1.29 is 9.84 Å². The van der Waals surface area contributed by atoms with Crippen LogP contribution in [0.3, 0.4) is 0 Å². The van der Waals surface area contributed by atoms with Crippen molar-refractivity contribution in [1.29, 1.82) is 0 Å². The highest BCUT2D eigenvalue weighted by atomic mass is 32.1. The molecule has 1 unspecified atom stereocenters. The zero-order valence-electron chi connectivity index (χ0n) is 16.1. The molecule has 2 aromatic rings. The van der Waals surface area contributed by atoms with E-state index >= 15 is 0 Å². The number of para-hydroxylation sites is 1. The number of aliphatic hydroxyl groups is 1. The maximum atomic E-state index is 10.1. The van der Waals surface area contributed by atoms with E-state index in [4.69, 9.17) is 4.74 Å². The molecule has 27 heavy (non-hydrogen) atoms. The molecule has 1 atom stereocenters. The van der Waals surface area contributed by atoms with E-state index in [9.17, 15) is 5.11 Å². The van der Waals surface area contributed by atoms with E-state index in [0.717, 1.165) is 34.2 Å². The van der Waals surface area contributed by atoms with Gasteiger partial charge >= 0.3 is 0 Å². The Morgan fingerprint density at radius 1 is 1.22 bits per heavy atom. The van der Waals surface area contributed by atoms with Crippen molar-refractivity contribution in [3.05, 3.63) is 39.8 Å². The van der Waals surface area contributed by atoms with Crippen LogP contribution in [-0.4, -0.2) is 34.6 Å². The van der Waals surface area contributed by atoms with Crippen LogP contribution in [0.15, 0.2) is 24.3 Å². The second-order valence-corrected chi connectivity index (χ2v) is 7.37. The minimum atomic E-state index is -0.635. The Morgan fingerprint density at radius 2 is 2.00 bits per heavy atom. The number of aromatic nitrogens is 2. The summed E-state index contributed by atoms with van der Waals surface area (Å²) in [5.74, 6) is 4.28. The Morgan fingerprint density at radius 3 is 2.70 bits per heavy atom. The molecular formula is C21H27N3O2S. The number of aryl methyl sites for hydroxylation is 1. The van der Waals surface area contributed by atoms with Gasteiger partial charge in [-0.15, -0.1) is 10.2 Å². The second-order valence-electron chi connectivity index (χ2n) is 6.16. The molecule has 0 saturated carbocycles. The van der Waals surface area contributed by atoms with E-state index in [0.29, 0.717) is 12.5 Å².